The summed E-state index contributed by atoms with van der Waals surface area (Å²) >= 11 is 6.25. The summed E-state index contributed by atoms with van der Waals surface area (Å²) in [6, 6.07) is 28.4. The van der Waals surface area contributed by atoms with Crippen LogP contribution < -0.4 is 20.6 Å². The lowest BCUT2D eigenvalue weighted by atomic mass is 9.88. The average molecular weight is 832 g/mol. The van der Waals surface area contributed by atoms with E-state index < -0.39 is 14.4 Å². The number of carbonyl (C=O) groups is 3. The van der Waals surface area contributed by atoms with E-state index in [1.807, 2.05) is 97.1 Å². The summed E-state index contributed by atoms with van der Waals surface area (Å²) in [5.41, 5.74) is 6.10. The number of hydrogen-bond donors (Lipinski definition) is 3. The second-order valence-corrected chi connectivity index (χ2v) is 19.8. The van der Waals surface area contributed by atoms with E-state index in [9.17, 15) is 19.2 Å². The Morgan fingerprint density at radius 1 is 0.898 bits per heavy atom. The fourth-order valence-electron chi connectivity index (χ4n) is 7.72. The van der Waals surface area contributed by atoms with E-state index in [-0.39, 0.29) is 30.7 Å². The van der Waals surface area contributed by atoms with Crippen LogP contribution in [0.25, 0.3) is 5.69 Å². The monoisotopic (exact) mass is 831 g/mol. The number of ether oxygens (including phenoxy) is 1. The highest BCUT2D eigenvalue weighted by Gasteiger charge is 2.30. The maximum atomic E-state index is 13.1. The van der Waals surface area contributed by atoms with Gasteiger partial charge in [-0.25, -0.2) is 0 Å². The highest BCUT2D eigenvalue weighted by molar-refractivity contribution is 6.83. The van der Waals surface area contributed by atoms with Gasteiger partial charge >= 0.3 is 0 Å². The van der Waals surface area contributed by atoms with E-state index in [4.69, 9.17) is 21.3 Å². The first-order valence-corrected chi connectivity index (χ1v) is 23.4. The number of aryl methyl sites for hydroxylation is 1. The van der Waals surface area contributed by atoms with Gasteiger partial charge in [0.2, 0.25) is 20.1 Å². The predicted octanol–water partition coefficient (Wildman–Crippen LogP) is 5.70. The fourth-order valence-corrected chi connectivity index (χ4v) is 8.83. The standard InChI is InChI=1S/C45H50ClN7O5Si/c1-5-47-41(54)26-39-45-51-50-29(2)53(45)40-18-15-36(25-38(40)44(49-39)33-11-13-35(46)14-12-33)58-28-42(55)48-27-31-7-6-8-34(23-31)32-19-21-52(22-20-32)43(56)24-30-9-16-37(17-10-30)59(3,4)57/h6-18,23,25,32,39,57H,5,19-22,24,26-28H2,1-4H3,(H,47,54)(H,48,55)/t39-/m0/s1. The van der Waals surface area contributed by atoms with Crippen molar-refractivity contribution in [2.24, 2.45) is 4.99 Å². The molecule has 4 aromatic carbocycles. The minimum Gasteiger partial charge on any atom is -0.484 e. The van der Waals surface area contributed by atoms with Crippen LogP contribution in [0, 0.1) is 6.92 Å². The normalized spacial score (nSPS) is 15.4. The molecular weight excluding hydrogens is 782 g/mol. The van der Waals surface area contributed by atoms with Gasteiger partial charge in [0, 0.05) is 42.3 Å². The van der Waals surface area contributed by atoms with Crippen molar-refractivity contribution in [1.82, 2.24) is 30.3 Å². The van der Waals surface area contributed by atoms with Gasteiger partial charge in [0.25, 0.3) is 5.91 Å². The molecule has 0 unspecified atom stereocenters. The first-order valence-electron chi connectivity index (χ1n) is 20.1. The van der Waals surface area contributed by atoms with E-state index >= 15 is 0 Å². The first kappa shape index (κ1) is 41.5. The number of halogens is 1. The number of aliphatic imine (C=N–C) groups is 1. The van der Waals surface area contributed by atoms with E-state index in [0.29, 0.717) is 66.7 Å². The number of likely N-dealkylation sites (tertiary alicyclic amines) is 1. The second kappa shape index (κ2) is 18.1. The third-order valence-corrected chi connectivity index (χ3v) is 12.9. The van der Waals surface area contributed by atoms with Gasteiger partial charge in [0.05, 0.1) is 24.2 Å². The Bertz CT molecular complexity index is 2350. The fraction of sp³-hybridized carbons (Fsp3) is 0.333. The molecule has 7 rings (SSSR count). The maximum absolute atomic E-state index is 13.1. The predicted molar refractivity (Wildman–Crippen MR) is 231 cm³/mol. The molecule has 306 valence electrons. The summed E-state index contributed by atoms with van der Waals surface area (Å²) in [6.45, 7) is 9.56. The van der Waals surface area contributed by atoms with Gasteiger partial charge in [-0.1, -0.05) is 72.3 Å². The number of rotatable bonds is 13. The number of benzene rings is 4. The van der Waals surface area contributed by atoms with Crippen LogP contribution >= 0.6 is 11.6 Å². The zero-order valence-corrected chi connectivity index (χ0v) is 35.6. The molecule has 0 spiro atoms. The van der Waals surface area contributed by atoms with E-state index in [1.54, 1.807) is 18.2 Å². The Labute approximate surface area is 350 Å². The molecular formula is C45H50ClN7O5Si. The second-order valence-electron chi connectivity index (χ2n) is 15.7. The number of nitrogens with one attached hydrogen (secondary N) is 2. The van der Waals surface area contributed by atoms with E-state index in [1.165, 1.54) is 5.56 Å². The molecule has 3 amide bonds. The van der Waals surface area contributed by atoms with Gasteiger partial charge in [-0.3, -0.25) is 23.9 Å². The molecule has 0 saturated carbocycles. The van der Waals surface area contributed by atoms with Crippen LogP contribution in [0.2, 0.25) is 18.1 Å². The third-order valence-electron chi connectivity index (χ3n) is 10.9. The molecule has 0 bridgehead atoms. The molecule has 5 aromatic rings. The molecule has 2 aliphatic heterocycles. The number of piperidine rings is 1. The van der Waals surface area contributed by atoms with Gasteiger partial charge in [0.15, 0.2) is 12.4 Å². The Morgan fingerprint density at radius 2 is 1.64 bits per heavy atom. The molecule has 0 radical (unpaired) electrons. The topological polar surface area (TPSA) is 151 Å². The molecule has 1 saturated heterocycles. The molecule has 3 heterocycles. The highest BCUT2D eigenvalue weighted by Crippen LogP contribution is 2.35. The number of carbonyl (C=O) groups excluding carboxylic acids is 3. The lowest BCUT2D eigenvalue weighted by Gasteiger charge is -2.32. The lowest BCUT2D eigenvalue weighted by molar-refractivity contribution is -0.131. The summed E-state index contributed by atoms with van der Waals surface area (Å²) in [5.74, 6) is 1.72. The summed E-state index contributed by atoms with van der Waals surface area (Å²) in [5, 5.41) is 16.2. The summed E-state index contributed by atoms with van der Waals surface area (Å²) < 4.78 is 7.98. The zero-order chi connectivity index (χ0) is 41.7. The number of hydrogen-bond acceptors (Lipinski definition) is 8. The SMILES string of the molecule is CCNC(=O)C[C@@H]1N=C(c2ccc(Cl)cc2)c2cc(OCC(=O)NCc3cccc(C4CCN(C(=O)Cc5ccc([Si](C)(C)O)cc5)CC4)c3)ccc2-n2c(C)nnc21. The molecule has 3 N–H and O–H groups in total. The molecule has 1 aromatic heterocycles. The maximum Gasteiger partial charge on any atom is 0.258 e. The van der Waals surface area contributed by atoms with E-state index in [2.05, 4.69) is 33.0 Å². The minimum absolute atomic E-state index is 0.0904. The third kappa shape index (κ3) is 9.98. The van der Waals surface area contributed by atoms with Gasteiger partial charge in [-0.2, -0.15) is 0 Å². The van der Waals surface area contributed by atoms with Crippen LogP contribution in [-0.2, 0) is 27.3 Å². The van der Waals surface area contributed by atoms with Crippen LogP contribution in [0.15, 0.2) is 96.0 Å². The van der Waals surface area contributed by atoms with Crippen LogP contribution in [0.3, 0.4) is 0 Å². The Morgan fingerprint density at radius 3 is 2.36 bits per heavy atom. The summed E-state index contributed by atoms with van der Waals surface area (Å²) in [6.07, 6.45) is 2.19. The number of fused-ring (bicyclic) bond motifs is 3. The van der Waals surface area contributed by atoms with Gasteiger partial charge in [0.1, 0.15) is 17.6 Å². The van der Waals surface area contributed by atoms with Crippen molar-refractivity contribution in [3.8, 4) is 11.4 Å². The Kier molecular flexibility index (Phi) is 12.7. The summed E-state index contributed by atoms with van der Waals surface area (Å²) in [4.78, 5) is 56.5. The van der Waals surface area contributed by atoms with Crippen molar-refractivity contribution in [2.75, 3.05) is 26.2 Å². The van der Waals surface area contributed by atoms with Gasteiger partial charge in [-0.15, -0.1) is 10.2 Å². The molecule has 59 heavy (non-hydrogen) atoms. The van der Waals surface area contributed by atoms with E-state index in [0.717, 1.165) is 46.0 Å². The molecule has 2 aliphatic rings. The van der Waals surface area contributed by atoms with Crippen LogP contribution in [-0.4, -0.2) is 82.5 Å². The molecule has 1 atom stereocenters. The molecule has 1 fully saturated rings. The number of amides is 3. The van der Waals surface area contributed by atoms with Crippen LogP contribution in [0.5, 0.6) is 5.75 Å². The smallest absolute Gasteiger partial charge is 0.258 e. The van der Waals surface area contributed by atoms with Crippen LogP contribution in [0.4, 0.5) is 0 Å². The van der Waals surface area contributed by atoms with Gasteiger partial charge < -0.3 is 25.1 Å². The number of nitrogens with zero attached hydrogens (tertiary/aromatic N) is 5. The Hall–Kier alpha value is -5.63. The van der Waals surface area contributed by atoms with Crippen molar-refractivity contribution in [1.29, 1.82) is 0 Å². The molecule has 14 heteroatoms. The van der Waals surface area contributed by atoms with Crippen molar-refractivity contribution >= 4 is 48.5 Å². The van der Waals surface area contributed by atoms with Crippen LogP contribution in [0.1, 0.15) is 77.6 Å². The quantitative estimate of drug-likeness (QED) is 0.129. The minimum atomic E-state index is -2.37. The van der Waals surface area contributed by atoms with Crippen molar-refractivity contribution in [2.45, 2.75) is 71.1 Å². The number of aromatic nitrogens is 3. The Balaban J connectivity index is 0.972. The lowest BCUT2D eigenvalue weighted by Crippen LogP contribution is -2.41. The highest BCUT2D eigenvalue weighted by atomic mass is 35.5. The van der Waals surface area contributed by atoms with Gasteiger partial charge in [-0.05, 0) is 97.9 Å². The van der Waals surface area contributed by atoms with Crippen molar-refractivity contribution in [3.05, 3.63) is 135 Å². The largest absolute Gasteiger partial charge is 0.484 e. The zero-order valence-electron chi connectivity index (χ0n) is 33.9. The molecule has 12 nitrogen and oxygen atoms in total. The first-order chi connectivity index (χ1) is 28.4. The summed E-state index contributed by atoms with van der Waals surface area (Å²) in [7, 11) is -2.37. The van der Waals surface area contributed by atoms with Crippen molar-refractivity contribution in [3.63, 3.8) is 0 Å². The molecule has 0 aliphatic carbocycles. The average Bonchev–Trinajstić information content (AvgIpc) is 3.55. The van der Waals surface area contributed by atoms with Crippen molar-refractivity contribution < 1.29 is 23.9 Å².